The molecule has 0 bridgehead atoms. The molecule has 4 aromatic carbocycles. The monoisotopic (exact) mass is 689 g/mol. The molecule has 3 heterocycles. The van der Waals surface area contributed by atoms with Crippen molar-refractivity contribution in [1.82, 2.24) is 4.90 Å². The summed E-state index contributed by atoms with van der Waals surface area (Å²) in [6.45, 7) is 5.71. The van der Waals surface area contributed by atoms with Crippen LogP contribution in [0.1, 0.15) is 43.9 Å². The number of hydrogen-bond donors (Lipinski definition) is 2. The smallest absolute Gasteiger partial charge is 0.269 e. The number of carbonyl (C=O) groups is 3. The minimum absolute atomic E-state index is 0.0693. The molecule has 10 nitrogen and oxygen atoms in total. The van der Waals surface area contributed by atoms with E-state index in [0.717, 1.165) is 11.1 Å². The van der Waals surface area contributed by atoms with E-state index in [0.29, 0.717) is 34.9 Å². The second kappa shape index (κ2) is 13.6. The summed E-state index contributed by atoms with van der Waals surface area (Å²) in [5, 5.41) is 21.4. The lowest BCUT2D eigenvalue weighted by atomic mass is 9.71. The van der Waals surface area contributed by atoms with E-state index in [1.807, 2.05) is 110 Å². The molecule has 1 spiro atoms. The Morgan fingerprint density at radius 2 is 1.61 bits per heavy atom. The lowest BCUT2D eigenvalue weighted by Crippen LogP contribution is -2.46. The molecule has 3 aliphatic rings. The first kappa shape index (κ1) is 34.4. The minimum Gasteiger partial charge on any atom is -0.482 e. The van der Waals surface area contributed by atoms with Crippen LogP contribution in [-0.4, -0.2) is 64.3 Å². The summed E-state index contributed by atoms with van der Waals surface area (Å²) in [6, 6.07) is 32.0. The van der Waals surface area contributed by atoms with Crippen molar-refractivity contribution in [3.8, 4) is 5.75 Å². The van der Waals surface area contributed by atoms with E-state index >= 15 is 0 Å². The maximum absolute atomic E-state index is 14.9. The van der Waals surface area contributed by atoms with Gasteiger partial charge in [0, 0.05) is 36.2 Å². The van der Waals surface area contributed by atoms with E-state index in [4.69, 9.17) is 9.47 Å². The molecule has 10 heteroatoms. The van der Waals surface area contributed by atoms with Gasteiger partial charge >= 0.3 is 0 Å². The molecule has 4 atom stereocenters. The number of ether oxygens (including phenoxy) is 2. The topological polar surface area (TPSA) is 120 Å². The number of para-hydroxylation sites is 3. The van der Waals surface area contributed by atoms with Crippen molar-refractivity contribution in [2.75, 3.05) is 29.6 Å². The molecule has 3 amide bonds. The number of carbonyl (C=O) groups excluding carboxylic acids is 3. The van der Waals surface area contributed by atoms with Gasteiger partial charge in [0.1, 0.15) is 5.75 Å². The molecule has 3 aliphatic heterocycles. The number of anilines is 3. The minimum atomic E-state index is -1.44. The first-order valence-corrected chi connectivity index (χ1v) is 17.4. The summed E-state index contributed by atoms with van der Waals surface area (Å²) in [7, 11) is 0. The van der Waals surface area contributed by atoms with Crippen LogP contribution in [-0.2, 0) is 37.8 Å². The van der Waals surface area contributed by atoms with E-state index in [1.165, 1.54) is 0 Å². The fraction of sp³-hybridized carbons (Fsp3) is 0.341. The highest BCUT2D eigenvalue weighted by atomic mass is 16.5. The number of aliphatic hydroxyl groups excluding tert-OH is 1. The van der Waals surface area contributed by atoms with Crippen molar-refractivity contribution in [3.63, 3.8) is 0 Å². The van der Waals surface area contributed by atoms with Crippen molar-refractivity contribution in [3.05, 3.63) is 120 Å². The average molecular weight is 690 g/mol. The van der Waals surface area contributed by atoms with Crippen LogP contribution >= 0.6 is 0 Å². The Bertz CT molecular complexity index is 1940. The third-order valence-corrected chi connectivity index (χ3v) is 10.4. The van der Waals surface area contributed by atoms with E-state index in [9.17, 15) is 24.6 Å². The Morgan fingerprint density at radius 1 is 0.922 bits per heavy atom. The highest BCUT2D eigenvalue weighted by molar-refractivity contribution is 6.08. The molecule has 0 aliphatic carbocycles. The normalized spacial score (nSPS) is 22.6. The molecule has 7 rings (SSSR count). The lowest BCUT2D eigenvalue weighted by molar-refractivity contribution is -0.150. The quantitative estimate of drug-likeness (QED) is 0.231. The van der Waals surface area contributed by atoms with Gasteiger partial charge in [0.2, 0.25) is 5.91 Å². The Kier molecular flexibility index (Phi) is 9.18. The van der Waals surface area contributed by atoms with E-state index < -0.39 is 29.1 Å². The van der Waals surface area contributed by atoms with Crippen LogP contribution in [0.4, 0.5) is 17.1 Å². The van der Waals surface area contributed by atoms with Gasteiger partial charge in [-0.3, -0.25) is 19.3 Å². The fourth-order valence-corrected chi connectivity index (χ4v) is 8.27. The molecular formula is C41H43N3O7. The van der Waals surface area contributed by atoms with Gasteiger partial charge in [-0.25, -0.2) is 0 Å². The van der Waals surface area contributed by atoms with Crippen LogP contribution in [0.3, 0.4) is 0 Å². The average Bonchev–Trinajstić information content (AvgIpc) is 3.54. The van der Waals surface area contributed by atoms with Crippen LogP contribution in [0.5, 0.6) is 5.75 Å². The van der Waals surface area contributed by atoms with Crippen LogP contribution in [0.25, 0.3) is 0 Å². The van der Waals surface area contributed by atoms with Crippen LogP contribution in [0.2, 0.25) is 0 Å². The molecule has 0 unspecified atom stereocenters. The largest absolute Gasteiger partial charge is 0.482 e. The molecule has 1 fully saturated rings. The molecule has 2 N–H and O–H groups in total. The first-order valence-electron chi connectivity index (χ1n) is 17.4. The zero-order chi connectivity index (χ0) is 35.9. The molecule has 264 valence electrons. The van der Waals surface area contributed by atoms with Crippen molar-refractivity contribution in [2.24, 2.45) is 11.8 Å². The number of hydrogen-bond acceptors (Lipinski definition) is 7. The number of rotatable bonds is 10. The van der Waals surface area contributed by atoms with Crippen LogP contribution < -0.4 is 14.5 Å². The summed E-state index contributed by atoms with van der Waals surface area (Å²) in [6.07, 6.45) is -0.850. The summed E-state index contributed by atoms with van der Waals surface area (Å²) in [5.41, 5.74) is 1.71. The standard InChI is InChI=1S/C41H43N3O7/c1-27-38(40(2,3)49)35(23-36(46)42(20-21-45)24-28-12-5-4-6-13-28)51-41(27)31-16-7-8-17-32(31)43(39(41)48)25-29-14-11-15-30(22-29)44-33-18-9-10-19-34(33)50-26-37(44)47/h4-19,22,27,35,38,45,49H,20-21,23-26H2,1-3H3/t27-,35+,38-,41+/m0/s1. The Hall–Kier alpha value is -5.03. The molecular weight excluding hydrogens is 646 g/mol. The predicted molar refractivity (Wildman–Crippen MR) is 192 cm³/mol. The zero-order valence-electron chi connectivity index (χ0n) is 29.1. The van der Waals surface area contributed by atoms with Crippen molar-refractivity contribution in [2.45, 2.75) is 57.6 Å². The van der Waals surface area contributed by atoms with Gasteiger partial charge in [-0.1, -0.05) is 79.7 Å². The van der Waals surface area contributed by atoms with Crippen molar-refractivity contribution >= 4 is 34.8 Å². The Morgan fingerprint density at radius 3 is 2.35 bits per heavy atom. The molecule has 0 aromatic heterocycles. The molecule has 0 radical (unpaired) electrons. The predicted octanol–water partition coefficient (Wildman–Crippen LogP) is 5.32. The lowest BCUT2D eigenvalue weighted by Gasteiger charge is -2.34. The zero-order valence-corrected chi connectivity index (χ0v) is 29.1. The number of nitrogens with zero attached hydrogens (tertiary/aromatic N) is 3. The van der Waals surface area contributed by atoms with Gasteiger partial charge in [-0.05, 0) is 55.3 Å². The third kappa shape index (κ3) is 6.17. The molecule has 4 aromatic rings. The van der Waals surface area contributed by atoms with E-state index in [1.54, 1.807) is 28.5 Å². The summed E-state index contributed by atoms with van der Waals surface area (Å²) >= 11 is 0. The molecule has 0 saturated carbocycles. The van der Waals surface area contributed by atoms with Gasteiger partial charge in [0.15, 0.2) is 12.2 Å². The van der Waals surface area contributed by atoms with E-state index in [2.05, 4.69) is 0 Å². The van der Waals surface area contributed by atoms with Crippen LogP contribution in [0, 0.1) is 11.8 Å². The Labute approximate surface area is 297 Å². The van der Waals surface area contributed by atoms with Gasteiger partial charge in [0.05, 0.1) is 42.7 Å². The number of aliphatic hydroxyl groups is 2. The number of benzene rings is 4. The second-order valence-electron chi connectivity index (χ2n) is 14.2. The van der Waals surface area contributed by atoms with Crippen LogP contribution in [0.15, 0.2) is 103 Å². The Balaban J connectivity index is 1.19. The van der Waals surface area contributed by atoms with Gasteiger partial charge in [0.25, 0.3) is 11.8 Å². The van der Waals surface area contributed by atoms with Gasteiger partial charge in [-0.15, -0.1) is 0 Å². The maximum Gasteiger partial charge on any atom is 0.269 e. The SMILES string of the molecule is C[C@H]1[C@H](C(C)(C)O)[C@@H](CC(=O)N(CCO)Cc2ccccc2)O[C@]12C(=O)N(Cc1cccc(N3C(=O)COc4ccccc43)c1)c1ccccc12. The second-order valence-corrected chi connectivity index (χ2v) is 14.2. The van der Waals surface area contributed by atoms with Crippen molar-refractivity contribution < 1.29 is 34.1 Å². The highest BCUT2D eigenvalue weighted by Crippen LogP contribution is 2.58. The molecule has 51 heavy (non-hydrogen) atoms. The van der Waals surface area contributed by atoms with Crippen molar-refractivity contribution in [1.29, 1.82) is 0 Å². The number of fused-ring (bicyclic) bond motifs is 3. The fourth-order valence-electron chi connectivity index (χ4n) is 8.27. The van der Waals surface area contributed by atoms with Gasteiger partial charge in [-0.2, -0.15) is 0 Å². The summed E-state index contributed by atoms with van der Waals surface area (Å²) < 4.78 is 12.5. The van der Waals surface area contributed by atoms with Gasteiger partial charge < -0.3 is 29.5 Å². The van der Waals surface area contributed by atoms with E-state index in [-0.39, 0.29) is 50.4 Å². The molecule has 1 saturated heterocycles. The summed E-state index contributed by atoms with van der Waals surface area (Å²) in [4.78, 5) is 46.8. The maximum atomic E-state index is 14.9. The summed E-state index contributed by atoms with van der Waals surface area (Å²) in [5.74, 6) is -1.14. The highest BCUT2D eigenvalue weighted by Gasteiger charge is 2.66. The third-order valence-electron chi connectivity index (χ3n) is 10.4. The number of amides is 3. The first-order chi connectivity index (χ1) is 24.5.